The summed E-state index contributed by atoms with van der Waals surface area (Å²) in [6.45, 7) is 12.4. The summed E-state index contributed by atoms with van der Waals surface area (Å²) in [7, 11) is 0. The summed E-state index contributed by atoms with van der Waals surface area (Å²) < 4.78 is 5.27. The maximum absolute atomic E-state index is 11.8. The fourth-order valence-electron chi connectivity index (χ4n) is 2.03. The van der Waals surface area contributed by atoms with Crippen LogP contribution in [0.3, 0.4) is 0 Å². The second-order valence-corrected chi connectivity index (χ2v) is 6.88. The number of rotatable bonds is 6. The molecule has 0 aliphatic carbocycles. The second kappa shape index (κ2) is 8.13. The van der Waals surface area contributed by atoms with Gasteiger partial charge in [0, 0.05) is 24.8 Å². The standard InChI is InChI=1S/C17H29N3O2/c1-12(2)15(11-19-16(21)22-17(4,5)6)20-13(3)14-9-7-8-10-18-14/h7-10,12-13,15,20H,11H2,1-6H3,(H,19,21). The Hall–Kier alpha value is -1.62. The molecule has 0 aliphatic rings. The number of nitrogens with one attached hydrogen (secondary N) is 2. The number of ether oxygens (including phenoxy) is 1. The van der Waals surface area contributed by atoms with E-state index in [9.17, 15) is 4.79 Å². The van der Waals surface area contributed by atoms with Gasteiger partial charge in [0.15, 0.2) is 0 Å². The summed E-state index contributed by atoms with van der Waals surface area (Å²) in [6.07, 6.45) is 1.40. The van der Waals surface area contributed by atoms with E-state index in [4.69, 9.17) is 4.74 Å². The van der Waals surface area contributed by atoms with Crippen LogP contribution in [0.15, 0.2) is 24.4 Å². The monoisotopic (exact) mass is 307 g/mol. The van der Waals surface area contributed by atoms with Gasteiger partial charge in [-0.05, 0) is 45.7 Å². The Morgan fingerprint density at radius 1 is 1.27 bits per heavy atom. The topological polar surface area (TPSA) is 63.2 Å². The molecule has 0 bridgehead atoms. The van der Waals surface area contributed by atoms with Crippen molar-refractivity contribution < 1.29 is 9.53 Å². The Bertz CT molecular complexity index is 455. The van der Waals surface area contributed by atoms with E-state index >= 15 is 0 Å². The first-order valence-electron chi connectivity index (χ1n) is 7.83. The summed E-state index contributed by atoms with van der Waals surface area (Å²) in [5.74, 6) is 0.376. The first-order valence-corrected chi connectivity index (χ1v) is 7.83. The predicted molar refractivity (Wildman–Crippen MR) is 88.7 cm³/mol. The van der Waals surface area contributed by atoms with Crippen LogP contribution < -0.4 is 10.6 Å². The van der Waals surface area contributed by atoms with Crippen molar-refractivity contribution in [2.45, 2.75) is 59.2 Å². The molecule has 1 aromatic rings. The van der Waals surface area contributed by atoms with Crippen LogP contribution in [0, 0.1) is 5.92 Å². The lowest BCUT2D eigenvalue weighted by Gasteiger charge is -2.27. The molecule has 22 heavy (non-hydrogen) atoms. The quantitative estimate of drug-likeness (QED) is 0.846. The van der Waals surface area contributed by atoms with Gasteiger partial charge >= 0.3 is 6.09 Å². The largest absolute Gasteiger partial charge is 0.444 e. The molecular formula is C17H29N3O2. The lowest BCUT2D eigenvalue weighted by atomic mass is 10.0. The second-order valence-electron chi connectivity index (χ2n) is 6.88. The Morgan fingerprint density at radius 3 is 2.45 bits per heavy atom. The van der Waals surface area contributed by atoms with Crippen molar-refractivity contribution in [3.63, 3.8) is 0 Å². The van der Waals surface area contributed by atoms with Crippen molar-refractivity contribution in [3.05, 3.63) is 30.1 Å². The average Bonchev–Trinajstić information content (AvgIpc) is 2.41. The van der Waals surface area contributed by atoms with Crippen molar-refractivity contribution in [1.29, 1.82) is 0 Å². The normalized spacial score (nSPS) is 14.5. The smallest absolute Gasteiger partial charge is 0.407 e. The molecule has 2 unspecified atom stereocenters. The molecule has 2 N–H and O–H groups in total. The number of aromatic nitrogens is 1. The minimum absolute atomic E-state index is 0.119. The summed E-state index contributed by atoms with van der Waals surface area (Å²) in [5, 5.41) is 6.35. The van der Waals surface area contributed by atoms with Gasteiger partial charge in [0.25, 0.3) is 0 Å². The van der Waals surface area contributed by atoms with Crippen LogP contribution in [0.25, 0.3) is 0 Å². The highest BCUT2D eigenvalue weighted by Crippen LogP contribution is 2.12. The maximum Gasteiger partial charge on any atom is 0.407 e. The number of amides is 1. The number of pyridine rings is 1. The van der Waals surface area contributed by atoms with Crippen LogP contribution in [0.1, 0.15) is 53.3 Å². The Kier molecular flexibility index (Phi) is 6.81. The van der Waals surface area contributed by atoms with Gasteiger partial charge in [-0.3, -0.25) is 4.98 Å². The number of hydrogen-bond acceptors (Lipinski definition) is 4. The Labute approximate surface area is 133 Å². The molecule has 0 fully saturated rings. The first-order chi connectivity index (χ1) is 10.2. The van der Waals surface area contributed by atoms with Gasteiger partial charge in [0.05, 0.1) is 5.69 Å². The predicted octanol–water partition coefficient (Wildman–Crippen LogP) is 3.28. The third-order valence-corrected chi connectivity index (χ3v) is 3.27. The van der Waals surface area contributed by atoms with E-state index in [1.165, 1.54) is 0 Å². The van der Waals surface area contributed by atoms with Gasteiger partial charge in [0.1, 0.15) is 5.60 Å². The van der Waals surface area contributed by atoms with E-state index < -0.39 is 5.60 Å². The van der Waals surface area contributed by atoms with Gasteiger partial charge in [-0.1, -0.05) is 19.9 Å². The van der Waals surface area contributed by atoms with E-state index in [1.807, 2.05) is 39.0 Å². The van der Waals surface area contributed by atoms with Crippen LogP contribution >= 0.6 is 0 Å². The molecule has 5 nitrogen and oxygen atoms in total. The van der Waals surface area contributed by atoms with Crippen LogP contribution in [0.4, 0.5) is 4.79 Å². The zero-order chi connectivity index (χ0) is 16.8. The number of carbonyl (C=O) groups is 1. The molecule has 0 aromatic carbocycles. The molecule has 0 aliphatic heterocycles. The summed E-state index contributed by atoms with van der Waals surface area (Å²) in [6, 6.07) is 6.14. The summed E-state index contributed by atoms with van der Waals surface area (Å²) in [4.78, 5) is 16.1. The molecule has 1 aromatic heterocycles. The molecule has 0 saturated heterocycles. The minimum Gasteiger partial charge on any atom is -0.444 e. The van der Waals surface area contributed by atoms with Crippen LogP contribution in [-0.4, -0.2) is 29.3 Å². The van der Waals surface area contributed by atoms with E-state index in [-0.39, 0.29) is 18.2 Å². The van der Waals surface area contributed by atoms with Crippen LogP contribution in [0.5, 0.6) is 0 Å². The highest BCUT2D eigenvalue weighted by molar-refractivity contribution is 5.67. The number of nitrogens with zero attached hydrogens (tertiary/aromatic N) is 1. The average molecular weight is 307 g/mol. The van der Waals surface area contributed by atoms with Crippen molar-refractivity contribution in [1.82, 2.24) is 15.6 Å². The fraction of sp³-hybridized carbons (Fsp3) is 0.647. The molecule has 1 rings (SSSR count). The lowest BCUT2D eigenvalue weighted by Crippen LogP contribution is -2.46. The fourth-order valence-corrected chi connectivity index (χ4v) is 2.03. The highest BCUT2D eigenvalue weighted by Gasteiger charge is 2.20. The maximum atomic E-state index is 11.8. The van der Waals surface area contributed by atoms with E-state index in [2.05, 4.69) is 36.4 Å². The molecule has 5 heteroatoms. The number of carbonyl (C=O) groups excluding carboxylic acids is 1. The first kappa shape index (κ1) is 18.4. The Morgan fingerprint density at radius 2 is 1.95 bits per heavy atom. The zero-order valence-corrected chi connectivity index (χ0v) is 14.5. The van der Waals surface area contributed by atoms with E-state index in [1.54, 1.807) is 6.20 Å². The number of alkyl carbamates (subject to hydrolysis) is 1. The summed E-state index contributed by atoms with van der Waals surface area (Å²) >= 11 is 0. The van der Waals surface area contributed by atoms with Crippen LogP contribution in [0.2, 0.25) is 0 Å². The SMILES string of the molecule is CC(NC(CNC(=O)OC(C)(C)C)C(C)C)c1ccccn1. The summed E-state index contributed by atoms with van der Waals surface area (Å²) in [5.41, 5.74) is 0.511. The molecular weight excluding hydrogens is 278 g/mol. The molecule has 2 atom stereocenters. The molecule has 0 saturated carbocycles. The lowest BCUT2D eigenvalue weighted by molar-refractivity contribution is 0.0518. The van der Waals surface area contributed by atoms with E-state index in [0.717, 1.165) is 5.69 Å². The third-order valence-electron chi connectivity index (χ3n) is 3.27. The highest BCUT2D eigenvalue weighted by atomic mass is 16.6. The Balaban J connectivity index is 2.54. The van der Waals surface area contributed by atoms with Crippen molar-refractivity contribution in [2.75, 3.05) is 6.54 Å². The third kappa shape index (κ3) is 6.89. The van der Waals surface area contributed by atoms with Gasteiger partial charge < -0.3 is 15.4 Å². The molecule has 1 heterocycles. The molecule has 124 valence electrons. The van der Waals surface area contributed by atoms with E-state index in [0.29, 0.717) is 12.5 Å². The van der Waals surface area contributed by atoms with Crippen molar-refractivity contribution in [3.8, 4) is 0 Å². The van der Waals surface area contributed by atoms with Crippen molar-refractivity contribution >= 4 is 6.09 Å². The van der Waals surface area contributed by atoms with Gasteiger partial charge in [-0.15, -0.1) is 0 Å². The molecule has 0 spiro atoms. The van der Waals surface area contributed by atoms with Gasteiger partial charge in [0.2, 0.25) is 0 Å². The van der Waals surface area contributed by atoms with Crippen molar-refractivity contribution in [2.24, 2.45) is 5.92 Å². The van der Waals surface area contributed by atoms with Gasteiger partial charge in [-0.25, -0.2) is 4.79 Å². The molecule has 0 radical (unpaired) electrons. The zero-order valence-electron chi connectivity index (χ0n) is 14.5. The molecule has 1 amide bonds. The minimum atomic E-state index is -0.480. The van der Waals surface area contributed by atoms with Crippen LogP contribution in [-0.2, 0) is 4.74 Å². The number of hydrogen-bond donors (Lipinski definition) is 2. The van der Waals surface area contributed by atoms with Gasteiger partial charge in [-0.2, -0.15) is 0 Å².